The number of esters is 1. The van der Waals surface area contributed by atoms with Crippen molar-refractivity contribution in [1.82, 2.24) is 0 Å². The fourth-order valence-electron chi connectivity index (χ4n) is 9.51. The number of carboxylic acids is 1. The molecule has 0 unspecified atom stereocenters. The molecule has 8 aromatic rings. The summed E-state index contributed by atoms with van der Waals surface area (Å²) in [5.41, 5.74) is 10.1. The molecule has 10 heteroatoms. The summed E-state index contributed by atoms with van der Waals surface area (Å²) >= 11 is 0. The molecule has 8 nitrogen and oxygen atoms in total. The van der Waals surface area contributed by atoms with Crippen LogP contribution in [0.5, 0.6) is 23.0 Å². The lowest BCUT2D eigenvalue weighted by Crippen LogP contribution is -2.13. The van der Waals surface area contributed by atoms with Crippen molar-refractivity contribution >= 4 is 11.9 Å². The molecule has 78 heavy (non-hydrogen) atoms. The van der Waals surface area contributed by atoms with Crippen molar-refractivity contribution in [2.24, 2.45) is 0 Å². The van der Waals surface area contributed by atoms with Crippen molar-refractivity contribution in [3.8, 4) is 45.3 Å². The summed E-state index contributed by atoms with van der Waals surface area (Å²) in [6.07, 6.45) is 0.274. The van der Waals surface area contributed by atoms with Gasteiger partial charge in [-0.1, -0.05) is 151 Å². The highest BCUT2D eigenvalue weighted by Crippen LogP contribution is 2.39. The number of aliphatic carboxylic acids is 1. The number of methoxy groups -OCH3 is 2. The van der Waals surface area contributed by atoms with Crippen LogP contribution in [0.4, 0.5) is 8.78 Å². The summed E-state index contributed by atoms with van der Waals surface area (Å²) in [7, 11) is 3.15. The number of halogens is 2. The van der Waals surface area contributed by atoms with Gasteiger partial charge in [-0.15, -0.1) is 0 Å². The SMILES string of the molecule is CCOC(=O)C[C@@H](c1ccccc1)c1ccc(OCc2ccc(C(C)(C)C)c(-c3cc(OC)ccc3F)c2)cc1.COc1ccc(F)c(-c2cc(COc3ccc([C@@H](CC(=O)O)c4ccccc4)cc3)ccc2C(C)(C)C)c1. The van der Waals surface area contributed by atoms with Gasteiger partial charge in [0.2, 0.25) is 0 Å². The number of hydrogen-bond donors (Lipinski definition) is 1. The predicted octanol–water partition coefficient (Wildman–Crippen LogP) is 16.4. The van der Waals surface area contributed by atoms with Crippen molar-refractivity contribution < 1.29 is 47.2 Å². The van der Waals surface area contributed by atoms with Gasteiger partial charge in [-0.3, -0.25) is 9.59 Å². The molecule has 0 saturated heterocycles. The van der Waals surface area contributed by atoms with Gasteiger partial charge in [-0.2, -0.15) is 0 Å². The molecular formula is C68H70F2O8. The molecule has 0 fully saturated rings. The van der Waals surface area contributed by atoms with E-state index in [0.717, 1.165) is 55.6 Å². The lowest BCUT2D eigenvalue weighted by atomic mass is 9.81. The second-order valence-electron chi connectivity index (χ2n) is 21.2. The van der Waals surface area contributed by atoms with Gasteiger partial charge in [0.25, 0.3) is 0 Å². The van der Waals surface area contributed by atoms with Crippen LogP contribution in [0.3, 0.4) is 0 Å². The lowest BCUT2D eigenvalue weighted by Gasteiger charge is -2.24. The first-order chi connectivity index (χ1) is 37.3. The van der Waals surface area contributed by atoms with E-state index in [1.165, 1.54) is 12.1 Å². The Hall–Kier alpha value is -8.24. The first-order valence-electron chi connectivity index (χ1n) is 26.2. The first-order valence-corrected chi connectivity index (χ1v) is 26.2. The number of carboxylic acid groups (broad SMARTS) is 1. The molecule has 2 atom stereocenters. The minimum Gasteiger partial charge on any atom is -0.497 e. The van der Waals surface area contributed by atoms with Crippen LogP contribution in [-0.2, 0) is 38.4 Å². The summed E-state index contributed by atoms with van der Waals surface area (Å²) in [6, 6.07) is 56.6. The highest BCUT2D eigenvalue weighted by atomic mass is 19.1. The maximum atomic E-state index is 15.0. The second-order valence-corrected chi connectivity index (χ2v) is 21.2. The quantitative estimate of drug-likeness (QED) is 0.0800. The molecule has 0 bridgehead atoms. The predicted molar refractivity (Wildman–Crippen MR) is 306 cm³/mol. The number of benzene rings is 8. The third-order valence-corrected chi connectivity index (χ3v) is 13.5. The molecular weight excluding hydrogens is 983 g/mol. The minimum atomic E-state index is -0.846. The summed E-state index contributed by atoms with van der Waals surface area (Å²) in [4.78, 5) is 23.8. The first kappa shape index (κ1) is 57.5. The van der Waals surface area contributed by atoms with Crippen LogP contribution < -0.4 is 18.9 Å². The Morgan fingerprint density at radius 1 is 0.462 bits per heavy atom. The maximum Gasteiger partial charge on any atom is 0.306 e. The average molecular weight is 1050 g/mol. The topological polar surface area (TPSA) is 101 Å². The number of hydrogen-bond acceptors (Lipinski definition) is 7. The summed E-state index contributed by atoms with van der Waals surface area (Å²) in [6.45, 7) is 15.5. The molecule has 0 aliphatic carbocycles. The molecule has 8 rings (SSSR count). The largest absolute Gasteiger partial charge is 0.497 e. The van der Waals surface area contributed by atoms with E-state index in [9.17, 15) is 23.5 Å². The van der Waals surface area contributed by atoms with Crippen molar-refractivity contribution in [3.05, 3.63) is 238 Å². The maximum absolute atomic E-state index is 15.0. The van der Waals surface area contributed by atoms with E-state index >= 15 is 0 Å². The molecule has 0 aromatic heterocycles. The third-order valence-electron chi connectivity index (χ3n) is 13.5. The molecule has 0 heterocycles. The second kappa shape index (κ2) is 26.2. The van der Waals surface area contributed by atoms with Crippen molar-refractivity contribution in [1.29, 1.82) is 0 Å². The van der Waals surface area contributed by atoms with Crippen molar-refractivity contribution in [2.75, 3.05) is 20.8 Å². The zero-order valence-corrected chi connectivity index (χ0v) is 46.1. The lowest BCUT2D eigenvalue weighted by molar-refractivity contribution is -0.143. The van der Waals surface area contributed by atoms with E-state index in [1.54, 1.807) is 38.5 Å². The fourth-order valence-corrected chi connectivity index (χ4v) is 9.51. The minimum absolute atomic E-state index is 0.00789. The number of carbonyl (C=O) groups excluding carboxylic acids is 1. The molecule has 0 aliphatic heterocycles. The Kier molecular flexibility index (Phi) is 19.3. The van der Waals surface area contributed by atoms with Crippen LogP contribution in [0.1, 0.15) is 118 Å². The van der Waals surface area contributed by atoms with Crippen molar-refractivity contribution in [2.45, 2.75) is 97.2 Å². The Morgan fingerprint density at radius 3 is 1.19 bits per heavy atom. The Labute approximate surface area is 458 Å². The van der Waals surface area contributed by atoms with Gasteiger partial charge in [-0.05, 0) is 146 Å². The Bertz CT molecular complexity index is 3250. The summed E-state index contributed by atoms with van der Waals surface area (Å²) < 4.78 is 58.0. The van der Waals surface area contributed by atoms with Gasteiger partial charge < -0.3 is 28.8 Å². The molecule has 0 radical (unpaired) electrons. The van der Waals surface area contributed by atoms with Gasteiger partial charge in [-0.25, -0.2) is 8.78 Å². The number of rotatable bonds is 19. The van der Waals surface area contributed by atoms with Crippen LogP contribution in [0.25, 0.3) is 22.3 Å². The number of ether oxygens (including phenoxy) is 5. The third kappa shape index (κ3) is 15.2. The van der Waals surface area contributed by atoms with E-state index < -0.39 is 5.97 Å². The van der Waals surface area contributed by atoms with E-state index in [1.807, 2.05) is 146 Å². The van der Waals surface area contributed by atoms with Gasteiger partial charge in [0.05, 0.1) is 33.7 Å². The van der Waals surface area contributed by atoms with Gasteiger partial charge in [0, 0.05) is 23.0 Å². The molecule has 0 spiro atoms. The monoisotopic (exact) mass is 1050 g/mol. The van der Waals surface area contributed by atoms with Gasteiger partial charge in [0.15, 0.2) is 0 Å². The van der Waals surface area contributed by atoms with E-state index in [0.29, 0.717) is 53.9 Å². The molecule has 0 saturated carbocycles. The zero-order valence-electron chi connectivity index (χ0n) is 46.1. The molecule has 0 aliphatic rings. The highest BCUT2D eigenvalue weighted by Gasteiger charge is 2.25. The average Bonchev–Trinajstić information content (AvgIpc) is 3.47. The van der Waals surface area contributed by atoms with Gasteiger partial charge in [0.1, 0.15) is 47.8 Å². The van der Waals surface area contributed by atoms with E-state index in [4.69, 9.17) is 23.7 Å². The van der Waals surface area contributed by atoms with Crippen LogP contribution in [-0.4, -0.2) is 37.9 Å². The van der Waals surface area contributed by atoms with Crippen LogP contribution in [0.2, 0.25) is 0 Å². The zero-order chi connectivity index (χ0) is 56.0. The van der Waals surface area contributed by atoms with E-state index in [2.05, 4.69) is 47.6 Å². The van der Waals surface area contributed by atoms with Crippen LogP contribution >= 0.6 is 0 Å². The Balaban J connectivity index is 0.000000226. The fraction of sp³-hybridized carbons (Fsp3) is 0.265. The number of carbonyl (C=O) groups is 2. The summed E-state index contributed by atoms with van der Waals surface area (Å²) in [5, 5.41) is 9.44. The molecule has 1 N–H and O–H groups in total. The van der Waals surface area contributed by atoms with E-state index in [-0.39, 0.29) is 53.1 Å². The van der Waals surface area contributed by atoms with Gasteiger partial charge >= 0.3 is 11.9 Å². The van der Waals surface area contributed by atoms with Crippen LogP contribution in [0.15, 0.2) is 182 Å². The summed E-state index contributed by atoms with van der Waals surface area (Å²) in [5.74, 6) is 0.558. The molecule has 404 valence electrons. The smallest absolute Gasteiger partial charge is 0.306 e. The normalized spacial score (nSPS) is 12.1. The highest BCUT2D eigenvalue weighted by molar-refractivity contribution is 5.74. The van der Waals surface area contributed by atoms with Crippen LogP contribution in [0, 0.1) is 11.6 Å². The van der Waals surface area contributed by atoms with Crippen molar-refractivity contribution in [3.63, 3.8) is 0 Å². The molecule has 0 amide bonds. The Morgan fingerprint density at radius 2 is 0.833 bits per heavy atom. The standard InChI is InChI=1S/C35H37FO4.C33H33FO4/c1-6-39-34(37)22-29(25-10-8-7-9-11-25)26-13-15-27(16-14-26)40-23-24-12-18-32(35(2,3)4)30(20-24)31-21-28(38-5)17-19-33(31)36;1-33(2,3)30-16-10-22(18-28(30)29-19-26(37-4)15-17-31(29)34)21-38-25-13-11-24(12-14-25)27(20-32(35)36)23-8-6-5-7-9-23/h7-21,29H,6,22-23H2,1-5H3;5-19,27H,20-21H2,1-4H3,(H,35,36)/t29-;27-/m00/s1. The molecule has 8 aromatic carbocycles.